The number of carboxylic acid groups (broad SMARTS) is 1. The Morgan fingerprint density at radius 3 is 2.63 bits per heavy atom. The van der Waals surface area contributed by atoms with Crippen molar-refractivity contribution >= 4 is 17.7 Å². The number of rotatable bonds is 3. The van der Waals surface area contributed by atoms with Gasteiger partial charge >= 0.3 is 5.97 Å². The van der Waals surface area contributed by atoms with Gasteiger partial charge in [0.15, 0.2) is 5.82 Å². The number of allylic oxidation sites excluding steroid dienone is 2. The van der Waals surface area contributed by atoms with Crippen LogP contribution in [0.4, 0.5) is 5.82 Å². The van der Waals surface area contributed by atoms with Gasteiger partial charge in [-0.15, -0.1) is 0 Å². The second-order valence-electron chi connectivity index (χ2n) is 5.20. The molecule has 2 N–H and O–H groups in total. The molecule has 1 fully saturated rings. The van der Waals surface area contributed by atoms with Gasteiger partial charge in [-0.2, -0.15) is 5.10 Å². The van der Waals surface area contributed by atoms with Crippen LogP contribution in [0.3, 0.4) is 0 Å². The van der Waals surface area contributed by atoms with Crippen molar-refractivity contribution in [1.82, 2.24) is 9.78 Å². The number of carbonyl (C=O) groups is 2. The lowest BCUT2D eigenvalue weighted by molar-refractivity contribution is -0.146. The second kappa shape index (κ2) is 4.22. The molecule has 6 nitrogen and oxygen atoms in total. The van der Waals surface area contributed by atoms with Crippen LogP contribution in [0, 0.1) is 23.7 Å². The molecule has 1 saturated carbocycles. The molecule has 0 aromatic carbocycles. The minimum absolute atomic E-state index is 0.0121. The monoisotopic (exact) mass is 261 g/mol. The zero-order valence-electron chi connectivity index (χ0n) is 10.5. The maximum Gasteiger partial charge on any atom is 0.307 e. The van der Waals surface area contributed by atoms with Gasteiger partial charge in [-0.1, -0.05) is 12.2 Å². The van der Waals surface area contributed by atoms with Gasteiger partial charge in [-0.3, -0.25) is 14.3 Å². The van der Waals surface area contributed by atoms with Crippen molar-refractivity contribution in [1.29, 1.82) is 0 Å². The molecular formula is C13H15N3O3. The molecule has 0 saturated heterocycles. The van der Waals surface area contributed by atoms with E-state index >= 15 is 0 Å². The maximum absolute atomic E-state index is 12.3. The van der Waals surface area contributed by atoms with E-state index in [4.69, 9.17) is 0 Å². The SMILES string of the molecule is Cn1ccc(NC(=O)[C@H]2[C@@H](C(=O)O)[C@H]3C=C[C@H]2C3)n1. The fraction of sp³-hybridized carbons (Fsp3) is 0.462. The Morgan fingerprint density at radius 1 is 1.37 bits per heavy atom. The molecule has 1 aromatic rings. The molecule has 100 valence electrons. The van der Waals surface area contributed by atoms with Crippen LogP contribution in [0.15, 0.2) is 24.4 Å². The van der Waals surface area contributed by atoms with Gasteiger partial charge < -0.3 is 10.4 Å². The Bertz CT molecular complexity index is 563. The van der Waals surface area contributed by atoms with E-state index in [0.717, 1.165) is 6.42 Å². The number of nitrogens with one attached hydrogen (secondary N) is 1. The van der Waals surface area contributed by atoms with Gasteiger partial charge in [0.05, 0.1) is 11.8 Å². The summed E-state index contributed by atoms with van der Waals surface area (Å²) in [5.74, 6) is -1.76. The van der Waals surface area contributed by atoms with E-state index in [1.807, 2.05) is 12.2 Å². The number of anilines is 1. The zero-order chi connectivity index (χ0) is 13.6. The highest BCUT2D eigenvalue weighted by atomic mass is 16.4. The molecule has 1 aromatic heterocycles. The van der Waals surface area contributed by atoms with Crippen molar-refractivity contribution in [3.63, 3.8) is 0 Å². The van der Waals surface area contributed by atoms with Crippen molar-refractivity contribution in [2.75, 3.05) is 5.32 Å². The van der Waals surface area contributed by atoms with Gasteiger partial charge in [0.25, 0.3) is 0 Å². The molecule has 2 aliphatic rings. The van der Waals surface area contributed by atoms with Gasteiger partial charge in [-0.05, 0) is 18.3 Å². The maximum atomic E-state index is 12.3. The predicted octanol–water partition coefficient (Wildman–Crippen LogP) is 0.881. The minimum Gasteiger partial charge on any atom is -0.481 e. The minimum atomic E-state index is -0.891. The molecule has 0 aliphatic heterocycles. The number of hydrogen-bond acceptors (Lipinski definition) is 3. The largest absolute Gasteiger partial charge is 0.481 e. The summed E-state index contributed by atoms with van der Waals surface area (Å²) in [5.41, 5.74) is 0. The Balaban J connectivity index is 1.79. The fourth-order valence-electron chi connectivity index (χ4n) is 3.21. The number of carboxylic acids is 1. The van der Waals surface area contributed by atoms with E-state index in [9.17, 15) is 14.7 Å². The van der Waals surface area contributed by atoms with E-state index in [0.29, 0.717) is 5.82 Å². The molecule has 1 amide bonds. The standard InChI is InChI=1S/C13H15N3O3/c1-16-5-4-9(15-16)14-12(17)10-7-2-3-8(6-7)11(10)13(18)19/h2-5,7-8,10-11H,6H2,1H3,(H,18,19)(H,14,15,17)/t7-,8-,10+,11-/m0/s1. The highest BCUT2D eigenvalue weighted by Crippen LogP contribution is 2.48. The highest BCUT2D eigenvalue weighted by Gasteiger charge is 2.51. The normalized spacial score (nSPS) is 31.6. The second-order valence-corrected chi connectivity index (χ2v) is 5.20. The Morgan fingerprint density at radius 2 is 2.05 bits per heavy atom. The first-order valence-corrected chi connectivity index (χ1v) is 6.28. The molecule has 0 spiro atoms. The van der Waals surface area contributed by atoms with E-state index in [1.54, 1.807) is 24.0 Å². The third-order valence-corrected chi connectivity index (χ3v) is 4.01. The van der Waals surface area contributed by atoms with Crippen LogP contribution in [0.1, 0.15) is 6.42 Å². The highest BCUT2D eigenvalue weighted by molar-refractivity contribution is 5.95. The van der Waals surface area contributed by atoms with Crippen LogP contribution in [0.5, 0.6) is 0 Å². The van der Waals surface area contributed by atoms with Crippen LogP contribution < -0.4 is 5.32 Å². The molecule has 0 unspecified atom stereocenters. The first-order valence-electron chi connectivity index (χ1n) is 6.28. The van der Waals surface area contributed by atoms with Gasteiger partial charge in [0.2, 0.25) is 5.91 Å². The molecule has 3 rings (SSSR count). The van der Waals surface area contributed by atoms with Crippen LogP contribution in [-0.4, -0.2) is 26.8 Å². The van der Waals surface area contributed by atoms with Crippen molar-refractivity contribution in [3.05, 3.63) is 24.4 Å². The number of fused-ring (bicyclic) bond motifs is 2. The van der Waals surface area contributed by atoms with Crippen LogP contribution in [0.25, 0.3) is 0 Å². The quantitative estimate of drug-likeness (QED) is 0.791. The van der Waals surface area contributed by atoms with Crippen molar-refractivity contribution in [2.24, 2.45) is 30.7 Å². The summed E-state index contributed by atoms with van der Waals surface area (Å²) >= 11 is 0. The lowest BCUT2D eigenvalue weighted by Crippen LogP contribution is -2.36. The summed E-state index contributed by atoms with van der Waals surface area (Å²) in [6.45, 7) is 0. The molecule has 6 heteroatoms. The average molecular weight is 261 g/mol. The molecule has 2 bridgehead atoms. The average Bonchev–Trinajstić information content (AvgIpc) is 3.03. The molecule has 1 heterocycles. The van der Waals surface area contributed by atoms with E-state index < -0.39 is 17.8 Å². The molecule has 2 aliphatic carbocycles. The van der Waals surface area contributed by atoms with Crippen molar-refractivity contribution < 1.29 is 14.7 Å². The first-order chi connectivity index (χ1) is 9.06. The van der Waals surface area contributed by atoms with Crippen molar-refractivity contribution in [2.45, 2.75) is 6.42 Å². The number of aromatic nitrogens is 2. The fourth-order valence-corrected chi connectivity index (χ4v) is 3.21. The van der Waals surface area contributed by atoms with E-state index in [2.05, 4.69) is 10.4 Å². The van der Waals surface area contributed by atoms with Gasteiger partial charge in [-0.25, -0.2) is 0 Å². The van der Waals surface area contributed by atoms with Gasteiger partial charge in [0, 0.05) is 19.3 Å². The Kier molecular flexibility index (Phi) is 2.66. The summed E-state index contributed by atoms with van der Waals surface area (Å²) in [4.78, 5) is 23.6. The Hall–Kier alpha value is -2.11. The lowest BCUT2D eigenvalue weighted by atomic mass is 9.82. The number of aliphatic carboxylic acids is 1. The van der Waals surface area contributed by atoms with E-state index in [-0.39, 0.29) is 17.7 Å². The summed E-state index contributed by atoms with van der Waals surface area (Å²) in [7, 11) is 1.76. The summed E-state index contributed by atoms with van der Waals surface area (Å²) in [6, 6.07) is 1.69. The summed E-state index contributed by atoms with van der Waals surface area (Å²) in [5, 5.41) is 16.1. The lowest BCUT2D eigenvalue weighted by Gasteiger charge is -2.23. The number of hydrogen-bond donors (Lipinski definition) is 2. The summed E-state index contributed by atoms with van der Waals surface area (Å²) < 4.78 is 1.59. The summed E-state index contributed by atoms with van der Waals surface area (Å²) in [6.07, 6.45) is 6.38. The smallest absolute Gasteiger partial charge is 0.307 e. The van der Waals surface area contributed by atoms with E-state index in [1.165, 1.54) is 0 Å². The van der Waals surface area contributed by atoms with Crippen LogP contribution in [-0.2, 0) is 16.6 Å². The zero-order valence-corrected chi connectivity index (χ0v) is 10.5. The topological polar surface area (TPSA) is 84.2 Å². The Labute approximate surface area is 110 Å². The molecule has 4 atom stereocenters. The molecule has 0 radical (unpaired) electrons. The number of amides is 1. The third kappa shape index (κ3) is 1.93. The third-order valence-electron chi connectivity index (χ3n) is 4.01. The molecule has 19 heavy (non-hydrogen) atoms. The number of carbonyl (C=O) groups excluding carboxylic acids is 1. The number of nitrogens with zero attached hydrogens (tertiary/aromatic N) is 2. The van der Waals surface area contributed by atoms with Gasteiger partial charge in [0.1, 0.15) is 0 Å². The predicted molar refractivity (Wildman–Crippen MR) is 67.2 cm³/mol. The first kappa shape index (κ1) is 12.0. The molecular weight excluding hydrogens is 246 g/mol. The van der Waals surface area contributed by atoms with Crippen LogP contribution in [0.2, 0.25) is 0 Å². The van der Waals surface area contributed by atoms with Crippen molar-refractivity contribution in [3.8, 4) is 0 Å². The number of aryl methyl sites for hydroxylation is 1. The van der Waals surface area contributed by atoms with Crippen LogP contribution >= 0.6 is 0 Å².